The van der Waals surface area contributed by atoms with E-state index in [9.17, 15) is 9.18 Å². The minimum absolute atomic E-state index is 0.0808. The smallest absolute Gasteiger partial charge is 0.231 e. The van der Waals surface area contributed by atoms with Gasteiger partial charge in [-0.3, -0.25) is 4.79 Å². The van der Waals surface area contributed by atoms with Crippen LogP contribution in [0.3, 0.4) is 0 Å². The van der Waals surface area contributed by atoms with E-state index in [0.29, 0.717) is 4.47 Å². The minimum Gasteiger partial charge on any atom is -0.342 e. The molecule has 6 heteroatoms. The van der Waals surface area contributed by atoms with Gasteiger partial charge in [-0.05, 0) is 28.1 Å². The van der Waals surface area contributed by atoms with Crippen molar-refractivity contribution in [2.24, 2.45) is 0 Å². The van der Waals surface area contributed by atoms with E-state index >= 15 is 0 Å². The number of aromatic nitrogens is 2. The third-order valence-electron chi connectivity index (χ3n) is 1.99. The number of aromatic amines is 1. The third kappa shape index (κ3) is 1.88. The van der Waals surface area contributed by atoms with Gasteiger partial charge in [-0.15, -0.1) is 0 Å². The molecule has 1 heterocycles. The van der Waals surface area contributed by atoms with Crippen LogP contribution in [0.5, 0.6) is 0 Å². The number of hydrogen-bond donors (Lipinski definition) is 1. The molecule has 82 valence electrons. The predicted molar refractivity (Wildman–Crippen MR) is 61.1 cm³/mol. The molecule has 0 saturated carbocycles. The van der Waals surface area contributed by atoms with Crippen LogP contribution in [0.2, 0.25) is 5.02 Å². The lowest BCUT2D eigenvalue weighted by molar-refractivity contribution is 0.102. The van der Waals surface area contributed by atoms with Crippen molar-refractivity contribution in [1.29, 1.82) is 0 Å². The van der Waals surface area contributed by atoms with Gasteiger partial charge in [0.2, 0.25) is 5.78 Å². The normalized spacial score (nSPS) is 10.4. The molecule has 0 fully saturated rings. The summed E-state index contributed by atoms with van der Waals surface area (Å²) < 4.78 is 14.1. The zero-order valence-electron chi connectivity index (χ0n) is 7.80. The summed E-state index contributed by atoms with van der Waals surface area (Å²) in [7, 11) is 0. The van der Waals surface area contributed by atoms with Crippen LogP contribution in [0, 0.1) is 5.82 Å². The lowest BCUT2D eigenvalue weighted by Crippen LogP contribution is -2.06. The maximum Gasteiger partial charge on any atom is 0.231 e. The Hall–Kier alpha value is -1.20. The van der Waals surface area contributed by atoms with E-state index in [-0.39, 0.29) is 16.4 Å². The molecule has 0 aliphatic heterocycles. The Bertz CT molecular complexity index is 542. The molecule has 0 saturated heterocycles. The maximum absolute atomic E-state index is 13.7. The lowest BCUT2D eigenvalue weighted by Gasteiger charge is -2.03. The quantitative estimate of drug-likeness (QED) is 0.684. The number of nitrogens with one attached hydrogen (secondary N) is 1. The summed E-state index contributed by atoms with van der Waals surface area (Å²) in [5.41, 5.74) is -0.108. The molecular formula is C10H5BrClFN2O. The van der Waals surface area contributed by atoms with Gasteiger partial charge in [-0.2, -0.15) is 0 Å². The van der Waals surface area contributed by atoms with Crippen molar-refractivity contribution >= 4 is 33.3 Å². The van der Waals surface area contributed by atoms with Crippen LogP contribution in [0.4, 0.5) is 4.39 Å². The topological polar surface area (TPSA) is 45.8 Å². The molecule has 0 spiro atoms. The first-order valence-electron chi connectivity index (χ1n) is 4.29. The van der Waals surface area contributed by atoms with Crippen molar-refractivity contribution in [3.8, 4) is 0 Å². The Labute approximate surface area is 104 Å². The minimum atomic E-state index is -0.752. The molecule has 1 N–H and O–H groups in total. The molecule has 16 heavy (non-hydrogen) atoms. The van der Waals surface area contributed by atoms with E-state index in [2.05, 4.69) is 25.9 Å². The number of H-pyrrole nitrogens is 1. The number of carbonyl (C=O) groups is 1. The number of carbonyl (C=O) groups excluding carboxylic acids is 1. The molecule has 1 aromatic carbocycles. The number of imidazole rings is 1. The van der Waals surface area contributed by atoms with Crippen LogP contribution in [-0.2, 0) is 0 Å². The standard InChI is InChI=1S/C10H5BrClFN2O/c11-6-2-1-5(8(13)7(6)12)9(16)10-14-3-4-15-10/h1-4H,(H,14,15). The van der Waals surface area contributed by atoms with Gasteiger partial charge in [0, 0.05) is 16.9 Å². The van der Waals surface area contributed by atoms with E-state index in [1.54, 1.807) is 0 Å². The van der Waals surface area contributed by atoms with Crippen molar-refractivity contribution in [2.45, 2.75) is 0 Å². The first kappa shape index (κ1) is 11.3. The van der Waals surface area contributed by atoms with E-state index in [1.807, 2.05) is 0 Å². The highest BCUT2D eigenvalue weighted by Crippen LogP contribution is 2.28. The van der Waals surface area contributed by atoms with E-state index in [0.717, 1.165) is 0 Å². The number of benzene rings is 1. The molecule has 0 unspecified atom stereocenters. The van der Waals surface area contributed by atoms with Crippen molar-refractivity contribution in [1.82, 2.24) is 9.97 Å². The summed E-state index contributed by atoms with van der Waals surface area (Å²) >= 11 is 8.75. The Morgan fingerprint density at radius 1 is 1.50 bits per heavy atom. The van der Waals surface area contributed by atoms with Gasteiger partial charge < -0.3 is 4.98 Å². The zero-order valence-corrected chi connectivity index (χ0v) is 10.1. The molecule has 0 bridgehead atoms. The predicted octanol–water partition coefficient (Wildman–Crippen LogP) is 3.20. The summed E-state index contributed by atoms with van der Waals surface area (Å²) in [4.78, 5) is 18.2. The fraction of sp³-hybridized carbons (Fsp3) is 0. The van der Waals surface area contributed by atoms with Gasteiger partial charge in [0.05, 0.1) is 10.6 Å². The zero-order chi connectivity index (χ0) is 11.7. The second-order valence-corrected chi connectivity index (χ2v) is 4.22. The van der Waals surface area contributed by atoms with E-state index in [4.69, 9.17) is 11.6 Å². The highest BCUT2D eigenvalue weighted by molar-refractivity contribution is 9.10. The van der Waals surface area contributed by atoms with Crippen LogP contribution in [-0.4, -0.2) is 15.8 Å². The largest absolute Gasteiger partial charge is 0.342 e. The Morgan fingerprint density at radius 2 is 2.25 bits per heavy atom. The summed E-state index contributed by atoms with van der Waals surface area (Å²) in [5.74, 6) is -1.20. The average Bonchev–Trinajstić information content (AvgIpc) is 2.79. The maximum atomic E-state index is 13.7. The van der Waals surface area contributed by atoms with Crippen LogP contribution >= 0.6 is 27.5 Å². The lowest BCUT2D eigenvalue weighted by atomic mass is 10.1. The van der Waals surface area contributed by atoms with E-state index < -0.39 is 11.6 Å². The van der Waals surface area contributed by atoms with Crippen molar-refractivity contribution in [3.63, 3.8) is 0 Å². The van der Waals surface area contributed by atoms with E-state index in [1.165, 1.54) is 24.5 Å². The molecule has 0 radical (unpaired) electrons. The Balaban J connectivity index is 2.50. The first-order chi connectivity index (χ1) is 7.61. The highest BCUT2D eigenvalue weighted by atomic mass is 79.9. The number of ketones is 1. The van der Waals surface area contributed by atoms with Gasteiger partial charge in [-0.1, -0.05) is 11.6 Å². The van der Waals surface area contributed by atoms with Crippen LogP contribution in [0.1, 0.15) is 16.2 Å². The van der Waals surface area contributed by atoms with Crippen molar-refractivity contribution < 1.29 is 9.18 Å². The van der Waals surface area contributed by atoms with Crippen LogP contribution in [0.25, 0.3) is 0 Å². The second kappa shape index (κ2) is 4.35. The van der Waals surface area contributed by atoms with Crippen molar-refractivity contribution in [3.05, 3.63) is 51.2 Å². The number of rotatable bonds is 2. The van der Waals surface area contributed by atoms with Gasteiger partial charge in [0.25, 0.3) is 0 Å². The van der Waals surface area contributed by atoms with Crippen LogP contribution < -0.4 is 0 Å². The summed E-state index contributed by atoms with van der Waals surface area (Å²) in [6.07, 6.45) is 2.91. The molecule has 0 atom stereocenters. The van der Waals surface area contributed by atoms with Gasteiger partial charge in [0.1, 0.15) is 0 Å². The molecule has 1 aromatic heterocycles. The summed E-state index contributed by atoms with van der Waals surface area (Å²) in [6, 6.07) is 2.87. The summed E-state index contributed by atoms with van der Waals surface area (Å²) in [6.45, 7) is 0. The van der Waals surface area contributed by atoms with Gasteiger partial charge in [0.15, 0.2) is 11.6 Å². The molecule has 2 aromatic rings. The van der Waals surface area contributed by atoms with Crippen LogP contribution in [0.15, 0.2) is 29.0 Å². The molecular weight excluding hydrogens is 298 g/mol. The third-order valence-corrected chi connectivity index (χ3v) is 3.25. The fourth-order valence-corrected chi connectivity index (χ4v) is 1.69. The average molecular weight is 304 g/mol. The SMILES string of the molecule is O=C(c1ncc[nH]1)c1ccc(Br)c(Cl)c1F. The second-order valence-electron chi connectivity index (χ2n) is 2.99. The summed E-state index contributed by atoms with van der Waals surface area (Å²) in [5, 5.41) is -0.114. The van der Waals surface area contributed by atoms with Gasteiger partial charge in [-0.25, -0.2) is 9.37 Å². The van der Waals surface area contributed by atoms with Crippen molar-refractivity contribution in [2.75, 3.05) is 0 Å². The highest BCUT2D eigenvalue weighted by Gasteiger charge is 2.19. The number of halogens is 3. The first-order valence-corrected chi connectivity index (χ1v) is 5.46. The molecule has 2 rings (SSSR count). The Kier molecular flexibility index (Phi) is 3.07. The molecule has 0 aliphatic carbocycles. The number of nitrogens with zero attached hydrogens (tertiary/aromatic N) is 1. The molecule has 3 nitrogen and oxygen atoms in total. The Morgan fingerprint density at radius 3 is 2.88 bits per heavy atom. The van der Waals surface area contributed by atoms with Gasteiger partial charge >= 0.3 is 0 Å². The molecule has 0 aliphatic rings. The molecule has 0 amide bonds. The fourth-order valence-electron chi connectivity index (χ4n) is 1.22. The number of hydrogen-bond acceptors (Lipinski definition) is 2. The monoisotopic (exact) mass is 302 g/mol.